The Hall–Kier alpha value is -3.63. The summed E-state index contributed by atoms with van der Waals surface area (Å²) in [5, 5.41) is 16.0. The van der Waals surface area contributed by atoms with Crippen LogP contribution in [-0.4, -0.2) is 17.0 Å². The topological polar surface area (TPSA) is 93.8 Å². The van der Waals surface area contributed by atoms with Gasteiger partial charge in [0.15, 0.2) is 0 Å². The summed E-state index contributed by atoms with van der Waals surface area (Å²) in [4.78, 5) is 22.4. The Kier molecular flexibility index (Phi) is 8.77. The maximum atomic E-state index is 12.8. The zero-order valence-electron chi connectivity index (χ0n) is 19.5. The normalized spacial score (nSPS) is 11.5. The van der Waals surface area contributed by atoms with Crippen LogP contribution in [0.1, 0.15) is 33.4 Å². The van der Waals surface area contributed by atoms with Crippen LogP contribution in [-0.2, 0) is 24.0 Å². The van der Waals surface area contributed by atoms with Gasteiger partial charge in [-0.2, -0.15) is 18.3 Å². The molecule has 0 heterocycles. The van der Waals surface area contributed by atoms with Crippen LogP contribution < -0.4 is 10.2 Å². The van der Waals surface area contributed by atoms with Crippen molar-refractivity contribution in [2.75, 3.05) is 0 Å². The summed E-state index contributed by atoms with van der Waals surface area (Å²) in [6.45, 7) is 3.91. The van der Waals surface area contributed by atoms with Crippen LogP contribution in [0, 0.1) is 24.0 Å². The fraction of sp³-hybridized carbons (Fsp3) is 0.200. The number of alkyl halides is 3. The number of amides is 1. The van der Waals surface area contributed by atoms with Crippen molar-refractivity contribution in [3.05, 3.63) is 102 Å². The Morgan fingerprint density at radius 3 is 2.32 bits per heavy atom. The van der Waals surface area contributed by atoms with Crippen LogP contribution in [0.25, 0.3) is 0 Å². The molecule has 0 saturated heterocycles. The molecule has 7 nitrogen and oxygen atoms in total. The zero-order valence-corrected chi connectivity index (χ0v) is 21.0. The first kappa shape index (κ1) is 27.9. The molecule has 0 saturated carbocycles. The van der Waals surface area contributed by atoms with Crippen molar-refractivity contribution < 1.29 is 27.6 Å². The molecule has 0 aliphatic rings. The molecule has 0 unspecified atom stereocenters. The molecule has 3 aromatic rings. The standard InChI is InChI=1S/C25H20Cl2F3N3O4/c1-14-7-16(8-15(2)24(14)37-13-18-4-6-20(26)11-21(18)27)12-31-32-23(34)9-17-3-5-19(25(28,29)30)10-22(17)33(35)36/h3-8,10-12H,9,13H2,1-2H3,(H,32,34)/b31-12+. The Morgan fingerprint density at radius 2 is 1.73 bits per heavy atom. The van der Waals surface area contributed by atoms with Gasteiger partial charge in [0.05, 0.1) is 23.1 Å². The van der Waals surface area contributed by atoms with E-state index >= 15 is 0 Å². The first-order chi connectivity index (χ1) is 17.3. The summed E-state index contributed by atoms with van der Waals surface area (Å²) in [6, 6.07) is 10.7. The summed E-state index contributed by atoms with van der Waals surface area (Å²) in [7, 11) is 0. The molecule has 3 aromatic carbocycles. The van der Waals surface area contributed by atoms with E-state index in [1.165, 1.54) is 6.21 Å². The number of aryl methyl sites for hydroxylation is 2. The molecule has 194 valence electrons. The van der Waals surface area contributed by atoms with Crippen molar-refractivity contribution in [3.8, 4) is 5.75 Å². The third kappa shape index (κ3) is 7.43. The number of rotatable bonds is 8. The van der Waals surface area contributed by atoms with Crippen molar-refractivity contribution in [1.29, 1.82) is 0 Å². The number of carbonyl (C=O) groups excluding carboxylic acids is 1. The SMILES string of the molecule is Cc1cc(/C=N/NC(=O)Cc2ccc(C(F)(F)F)cc2[N+](=O)[O-])cc(C)c1OCc1ccc(Cl)cc1Cl. The molecule has 37 heavy (non-hydrogen) atoms. The van der Waals surface area contributed by atoms with Crippen LogP contribution in [0.5, 0.6) is 5.75 Å². The largest absolute Gasteiger partial charge is 0.488 e. The highest BCUT2D eigenvalue weighted by Crippen LogP contribution is 2.33. The first-order valence-corrected chi connectivity index (χ1v) is 11.4. The highest BCUT2D eigenvalue weighted by atomic mass is 35.5. The molecule has 1 amide bonds. The molecule has 0 bridgehead atoms. The monoisotopic (exact) mass is 553 g/mol. The third-order valence-electron chi connectivity index (χ3n) is 5.23. The Bertz CT molecular complexity index is 1350. The molecule has 0 aliphatic heterocycles. The predicted octanol–water partition coefficient (Wildman–Crippen LogP) is 6.81. The van der Waals surface area contributed by atoms with Gasteiger partial charge in [-0.25, -0.2) is 5.43 Å². The molecule has 0 atom stereocenters. The summed E-state index contributed by atoms with van der Waals surface area (Å²) in [6.07, 6.45) is -3.89. The highest BCUT2D eigenvalue weighted by Gasteiger charge is 2.33. The lowest BCUT2D eigenvalue weighted by Crippen LogP contribution is -2.20. The number of halogens is 5. The maximum absolute atomic E-state index is 12.8. The molecule has 3 rings (SSSR count). The zero-order chi connectivity index (χ0) is 27.3. The van der Waals surface area contributed by atoms with E-state index in [1.807, 2.05) is 13.8 Å². The van der Waals surface area contributed by atoms with E-state index in [0.29, 0.717) is 33.5 Å². The maximum Gasteiger partial charge on any atom is 0.416 e. The van der Waals surface area contributed by atoms with Crippen molar-refractivity contribution >= 4 is 41.0 Å². The van der Waals surface area contributed by atoms with Gasteiger partial charge in [-0.15, -0.1) is 0 Å². The van der Waals surface area contributed by atoms with Crippen LogP contribution in [0.4, 0.5) is 18.9 Å². The van der Waals surface area contributed by atoms with Gasteiger partial charge >= 0.3 is 6.18 Å². The second kappa shape index (κ2) is 11.6. The number of nitro benzene ring substituents is 1. The van der Waals surface area contributed by atoms with E-state index in [4.69, 9.17) is 27.9 Å². The summed E-state index contributed by atoms with van der Waals surface area (Å²) in [5.74, 6) is -0.0748. The van der Waals surface area contributed by atoms with Gasteiger partial charge < -0.3 is 4.74 Å². The van der Waals surface area contributed by atoms with Crippen molar-refractivity contribution in [1.82, 2.24) is 5.43 Å². The molecule has 0 spiro atoms. The number of carbonyl (C=O) groups is 1. The van der Waals surface area contributed by atoms with E-state index in [2.05, 4.69) is 10.5 Å². The number of nitrogens with one attached hydrogen (secondary N) is 1. The predicted molar refractivity (Wildman–Crippen MR) is 134 cm³/mol. The summed E-state index contributed by atoms with van der Waals surface area (Å²) >= 11 is 12.1. The van der Waals surface area contributed by atoms with E-state index in [1.54, 1.807) is 30.3 Å². The number of hydrazone groups is 1. The quantitative estimate of drug-likeness (QED) is 0.188. The summed E-state index contributed by atoms with van der Waals surface area (Å²) < 4.78 is 44.5. The fourth-order valence-corrected chi connectivity index (χ4v) is 3.99. The number of hydrogen-bond donors (Lipinski definition) is 1. The van der Waals surface area contributed by atoms with Gasteiger partial charge in [-0.05, 0) is 60.9 Å². The number of ether oxygens (including phenoxy) is 1. The third-order valence-corrected chi connectivity index (χ3v) is 5.82. The van der Waals surface area contributed by atoms with Gasteiger partial charge in [0.25, 0.3) is 5.69 Å². The Morgan fingerprint density at radius 1 is 1.08 bits per heavy atom. The van der Waals surface area contributed by atoms with Gasteiger partial charge in [-0.3, -0.25) is 14.9 Å². The second-order valence-corrected chi connectivity index (χ2v) is 8.92. The minimum Gasteiger partial charge on any atom is -0.488 e. The molecular formula is C25H20Cl2F3N3O4. The number of benzene rings is 3. The molecular weight excluding hydrogens is 534 g/mol. The minimum atomic E-state index is -4.74. The molecule has 12 heteroatoms. The van der Waals surface area contributed by atoms with Gasteiger partial charge in [-0.1, -0.05) is 35.3 Å². The van der Waals surface area contributed by atoms with Gasteiger partial charge in [0.1, 0.15) is 12.4 Å². The van der Waals surface area contributed by atoms with Gasteiger partial charge in [0.2, 0.25) is 5.91 Å². The number of nitro groups is 1. The van der Waals surface area contributed by atoms with Crippen molar-refractivity contribution in [2.45, 2.75) is 33.1 Å². The Balaban J connectivity index is 1.65. The molecule has 0 aromatic heterocycles. The van der Waals surface area contributed by atoms with Gasteiger partial charge in [0, 0.05) is 27.2 Å². The molecule has 0 fully saturated rings. The number of hydrogen-bond acceptors (Lipinski definition) is 5. The van der Waals surface area contributed by atoms with Crippen molar-refractivity contribution in [3.63, 3.8) is 0 Å². The van der Waals surface area contributed by atoms with E-state index in [0.717, 1.165) is 22.8 Å². The van der Waals surface area contributed by atoms with Crippen LogP contribution >= 0.6 is 23.2 Å². The van der Waals surface area contributed by atoms with E-state index < -0.39 is 34.7 Å². The molecule has 0 radical (unpaired) electrons. The lowest BCUT2D eigenvalue weighted by atomic mass is 10.1. The van der Waals surface area contributed by atoms with E-state index in [-0.39, 0.29) is 12.2 Å². The average Bonchev–Trinajstić information content (AvgIpc) is 2.79. The smallest absolute Gasteiger partial charge is 0.416 e. The number of nitrogens with zero attached hydrogens (tertiary/aromatic N) is 2. The first-order valence-electron chi connectivity index (χ1n) is 10.7. The Labute approximate surface area is 220 Å². The van der Waals surface area contributed by atoms with Crippen LogP contribution in [0.2, 0.25) is 10.0 Å². The minimum absolute atomic E-state index is 0.167. The highest BCUT2D eigenvalue weighted by molar-refractivity contribution is 6.35. The molecule has 1 N–H and O–H groups in total. The van der Waals surface area contributed by atoms with Crippen LogP contribution in [0.3, 0.4) is 0 Å². The van der Waals surface area contributed by atoms with Crippen LogP contribution in [0.15, 0.2) is 53.6 Å². The molecule has 0 aliphatic carbocycles. The lowest BCUT2D eigenvalue weighted by Gasteiger charge is -2.14. The lowest BCUT2D eigenvalue weighted by molar-refractivity contribution is -0.385. The average molecular weight is 554 g/mol. The summed E-state index contributed by atoms with van der Waals surface area (Å²) in [5.41, 5.74) is 3.12. The fourth-order valence-electron chi connectivity index (χ4n) is 3.53. The second-order valence-electron chi connectivity index (χ2n) is 8.08. The van der Waals surface area contributed by atoms with Crippen molar-refractivity contribution in [2.24, 2.45) is 5.10 Å². The van der Waals surface area contributed by atoms with E-state index in [9.17, 15) is 28.1 Å².